The molecule has 0 radical (unpaired) electrons. The maximum atomic E-state index is 12.1. The van der Waals surface area contributed by atoms with Crippen molar-refractivity contribution in [2.75, 3.05) is 31.3 Å². The average molecular weight is 265 g/mol. The van der Waals surface area contributed by atoms with Gasteiger partial charge in [0.1, 0.15) is 11.8 Å². The summed E-state index contributed by atoms with van der Waals surface area (Å²) in [6.45, 7) is 3.25. The number of ether oxygens (including phenoxy) is 1. The molecule has 1 aliphatic rings. The van der Waals surface area contributed by atoms with Crippen LogP contribution in [0.5, 0.6) is 5.75 Å². The van der Waals surface area contributed by atoms with Crippen LogP contribution in [0, 0.1) is 0 Å². The van der Waals surface area contributed by atoms with Gasteiger partial charge in [0.25, 0.3) is 0 Å². The number of nitrogens with one attached hydrogen (secondary N) is 1. The highest BCUT2D eigenvalue weighted by atomic mass is 16.7. The monoisotopic (exact) mass is 265 g/mol. The van der Waals surface area contributed by atoms with E-state index in [1.165, 1.54) is 7.11 Å². The van der Waals surface area contributed by atoms with Crippen LogP contribution < -0.4 is 15.8 Å². The minimum absolute atomic E-state index is 0.134. The van der Waals surface area contributed by atoms with Crippen molar-refractivity contribution >= 4 is 17.3 Å². The number of carbonyl (C=O) groups is 1. The van der Waals surface area contributed by atoms with Crippen molar-refractivity contribution in [1.82, 2.24) is 5.06 Å². The predicted octanol–water partition coefficient (Wildman–Crippen LogP) is 1.24. The van der Waals surface area contributed by atoms with E-state index in [-0.39, 0.29) is 11.9 Å². The molecule has 1 fully saturated rings. The average Bonchev–Trinajstić information content (AvgIpc) is 2.93. The van der Waals surface area contributed by atoms with Crippen LogP contribution in [0.2, 0.25) is 0 Å². The van der Waals surface area contributed by atoms with Crippen LogP contribution in [-0.4, -0.2) is 37.3 Å². The third-order valence-electron chi connectivity index (χ3n) is 3.07. The van der Waals surface area contributed by atoms with Crippen LogP contribution in [0.3, 0.4) is 0 Å². The summed E-state index contributed by atoms with van der Waals surface area (Å²) in [5.41, 5.74) is 6.87. The number of amides is 1. The molecule has 1 aromatic carbocycles. The van der Waals surface area contributed by atoms with Gasteiger partial charge in [0.15, 0.2) is 0 Å². The van der Waals surface area contributed by atoms with Crippen molar-refractivity contribution < 1.29 is 14.4 Å². The van der Waals surface area contributed by atoms with Gasteiger partial charge in [0.2, 0.25) is 5.91 Å². The number of hydrogen-bond donors (Lipinski definition) is 2. The number of nitrogens with zero attached hydrogens (tertiary/aromatic N) is 1. The Bertz CT molecular complexity index is 458. The Hall–Kier alpha value is -1.79. The summed E-state index contributed by atoms with van der Waals surface area (Å²) in [7, 11) is 1.54. The SMILES string of the molecule is COc1cc(N)ccc1NC(=O)C(C)N1CCCO1. The third-order valence-corrected chi connectivity index (χ3v) is 3.07. The first-order valence-corrected chi connectivity index (χ1v) is 6.25. The Morgan fingerprint density at radius 2 is 2.37 bits per heavy atom. The molecule has 6 nitrogen and oxygen atoms in total. The number of methoxy groups -OCH3 is 1. The van der Waals surface area contributed by atoms with Gasteiger partial charge in [-0.3, -0.25) is 9.63 Å². The molecule has 0 aromatic heterocycles. The van der Waals surface area contributed by atoms with Crippen LogP contribution in [0.15, 0.2) is 18.2 Å². The second kappa shape index (κ2) is 5.90. The molecule has 0 bridgehead atoms. The first-order valence-electron chi connectivity index (χ1n) is 6.25. The second-order valence-electron chi connectivity index (χ2n) is 4.45. The molecule has 0 spiro atoms. The number of benzene rings is 1. The Labute approximate surface area is 112 Å². The van der Waals surface area contributed by atoms with E-state index in [0.717, 1.165) is 13.0 Å². The Kier molecular flexibility index (Phi) is 4.24. The van der Waals surface area contributed by atoms with Gasteiger partial charge in [0.05, 0.1) is 19.4 Å². The zero-order valence-electron chi connectivity index (χ0n) is 11.2. The highest BCUT2D eigenvalue weighted by Crippen LogP contribution is 2.27. The molecule has 1 saturated heterocycles. The second-order valence-corrected chi connectivity index (χ2v) is 4.45. The van der Waals surface area contributed by atoms with Crippen molar-refractivity contribution in [3.05, 3.63) is 18.2 Å². The maximum absolute atomic E-state index is 12.1. The van der Waals surface area contributed by atoms with Crippen molar-refractivity contribution in [2.24, 2.45) is 0 Å². The molecule has 0 aliphatic carbocycles. The molecule has 2 rings (SSSR count). The van der Waals surface area contributed by atoms with Crippen LogP contribution in [0.4, 0.5) is 11.4 Å². The molecule has 0 saturated carbocycles. The van der Waals surface area contributed by atoms with Crippen LogP contribution in [-0.2, 0) is 9.63 Å². The summed E-state index contributed by atoms with van der Waals surface area (Å²) in [5, 5.41) is 4.52. The lowest BCUT2D eigenvalue weighted by atomic mass is 10.2. The highest BCUT2D eigenvalue weighted by Gasteiger charge is 2.25. The molecule has 1 heterocycles. The number of hydrogen-bond acceptors (Lipinski definition) is 5. The summed E-state index contributed by atoms with van der Waals surface area (Å²) >= 11 is 0. The lowest BCUT2D eigenvalue weighted by Gasteiger charge is -2.22. The smallest absolute Gasteiger partial charge is 0.243 e. The lowest BCUT2D eigenvalue weighted by Crippen LogP contribution is -2.39. The zero-order chi connectivity index (χ0) is 13.8. The number of nitrogens with two attached hydrogens (primary N) is 1. The van der Waals surface area contributed by atoms with E-state index < -0.39 is 0 Å². The van der Waals surface area contributed by atoms with Crippen LogP contribution in [0.25, 0.3) is 0 Å². The summed E-state index contributed by atoms with van der Waals surface area (Å²) in [4.78, 5) is 17.5. The fourth-order valence-corrected chi connectivity index (χ4v) is 1.95. The van der Waals surface area contributed by atoms with Crippen LogP contribution in [0.1, 0.15) is 13.3 Å². The fraction of sp³-hybridized carbons (Fsp3) is 0.462. The van der Waals surface area contributed by atoms with Gasteiger partial charge >= 0.3 is 0 Å². The molecular formula is C13H19N3O3. The van der Waals surface area contributed by atoms with Crippen molar-refractivity contribution in [2.45, 2.75) is 19.4 Å². The summed E-state index contributed by atoms with van der Waals surface area (Å²) in [6, 6.07) is 4.77. The van der Waals surface area contributed by atoms with Gasteiger partial charge in [0, 0.05) is 18.3 Å². The van der Waals surface area contributed by atoms with Crippen molar-refractivity contribution in [3.63, 3.8) is 0 Å². The third kappa shape index (κ3) is 3.15. The maximum Gasteiger partial charge on any atom is 0.243 e. The van der Waals surface area contributed by atoms with E-state index in [1.54, 1.807) is 23.3 Å². The summed E-state index contributed by atoms with van der Waals surface area (Å²) in [5.74, 6) is 0.410. The number of nitrogen functional groups attached to an aromatic ring is 1. The molecular weight excluding hydrogens is 246 g/mol. The van der Waals surface area contributed by atoms with E-state index in [1.807, 2.05) is 6.92 Å². The Morgan fingerprint density at radius 3 is 3.00 bits per heavy atom. The van der Waals surface area contributed by atoms with E-state index >= 15 is 0 Å². The first-order chi connectivity index (χ1) is 9.11. The standard InChI is InChI=1S/C13H19N3O3/c1-9(16-6-3-7-19-16)13(17)15-11-5-4-10(14)8-12(11)18-2/h4-5,8-9H,3,6-7,14H2,1-2H3,(H,15,17). The van der Waals surface area contributed by atoms with E-state index in [9.17, 15) is 4.79 Å². The Morgan fingerprint density at radius 1 is 1.58 bits per heavy atom. The number of rotatable bonds is 4. The van der Waals surface area contributed by atoms with E-state index in [0.29, 0.717) is 23.7 Å². The number of carbonyl (C=O) groups excluding carboxylic acids is 1. The van der Waals surface area contributed by atoms with Gasteiger partial charge in [-0.15, -0.1) is 0 Å². The van der Waals surface area contributed by atoms with Gasteiger partial charge in [-0.05, 0) is 25.5 Å². The first kappa shape index (κ1) is 13.6. The fourth-order valence-electron chi connectivity index (χ4n) is 1.95. The Balaban J connectivity index is 2.05. The van der Waals surface area contributed by atoms with Crippen molar-refractivity contribution in [1.29, 1.82) is 0 Å². The molecule has 3 N–H and O–H groups in total. The van der Waals surface area contributed by atoms with Gasteiger partial charge < -0.3 is 15.8 Å². The number of hydroxylamine groups is 2. The molecule has 19 heavy (non-hydrogen) atoms. The molecule has 1 aromatic rings. The largest absolute Gasteiger partial charge is 0.494 e. The summed E-state index contributed by atoms with van der Waals surface area (Å²) in [6.07, 6.45) is 0.947. The molecule has 6 heteroatoms. The van der Waals surface area contributed by atoms with Gasteiger partial charge in [-0.25, -0.2) is 0 Å². The molecule has 1 unspecified atom stereocenters. The van der Waals surface area contributed by atoms with E-state index in [4.69, 9.17) is 15.3 Å². The number of anilines is 2. The van der Waals surface area contributed by atoms with Gasteiger partial charge in [-0.2, -0.15) is 5.06 Å². The molecule has 1 amide bonds. The zero-order valence-corrected chi connectivity index (χ0v) is 11.2. The lowest BCUT2D eigenvalue weighted by molar-refractivity contribution is -0.154. The minimum Gasteiger partial charge on any atom is -0.494 e. The van der Waals surface area contributed by atoms with Crippen LogP contribution >= 0.6 is 0 Å². The van der Waals surface area contributed by atoms with Gasteiger partial charge in [-0.1, -0.05) is 0 Å². The highest BCUT2D eigenvalue weighted by molar-refractivity contribution is 5.96. The molecule has 1 atom stereocenters. The quantitative estimate of drug-likeness (QED) is 0.801. The molecule has 1 aliphatic heterocycles. The molecule has 104 valence electrons. The predicted molar refractivity (Wildman–Crippen MR) is 72.8 cm³/mol. The van der Waals surface area contributed by atoms with Crippen molar-refractivity contribution in [3.8, 4) is 5.75 Å². The normalized spacial score (nSPS) is 17.2. The van der Waals surface area contributed by atoms with E-state index in [2.05, 4.69) is 5.32 Å². The minimum atomic E-state index is -0.343. The topological polar surface area (TPSA) is 76.8 Å². The summed E-state index contributed by atoms with van der Waals surface area (Å²) < 4.78 is 5.19.